The maximum atomic E-state index is 5.88. The number of rotatable bonds is 7. The van der Waals surface area contributed by atoms with Gasteiger partial charge in [-0.2, -0.15) is 5.10 Å². The molecule has 0 radical (unpaired) electrons. The largest absolute Gasteiger partial charge is 0.378 e. The third kappa shape index (κ3) is 4.05. The van der Waals surface area contributed by atoms with Crippen LogP contribution < -0.4 is 5.32 Å². The van der Waals surface area contributed by atoms with Gasteiger partial charge in [-0.25, -0.2) is 0 Å². The molecule has 1 aromatic heterocycles. The molecule has 0 bridgehead atoms. The first-order chi connectivity index (χ1) is 9.35. The van der Waals surface area contributed by atoms with E-state index in [1.165, 1.54) is 25.0 Å². The number of hydrogen-bond donors (Lipinski definition) is 1. The van der Waals surface area contributed by atoms with E-state index in [-0.39, 0.29) is 0 Å². The van der Waals surface area contributed by atoms with Crippen LogP contribution in [0.1, 0.15) is 57.7 Å². The monoisotopic (exact) mass is 265 g/mol. The second-order valence-electron chi connectivity index (χ2n) is 5.31. The van der Waals surface area contributed by atoms with Gasteiger partial charge in [-0.3, -0.25) is 4.68 Å². The minimum atomic E-state index is 0.363. The van der Waals surface area contributed by atoms with Crippen molar-refractivity contribution >= 4 is 0 Å². The lowest BCUT2D eigenvalue weighted by molar-refractivity contribution is 0.00461. The Balaban J connectivity index is 2.02. The number of aryl methyl sites for hydroxylation is 1. The molecule has 0 spiro atoms. The molecule has 0 amide bonds. The van der Waals surface area contributed by atoms with E-state index in [1.807, 2.05) is 6.20 Å². The van der Waals surface area contributed by atoms with Crippen LogP contribution in [-0.4, -0.2) is 29.0 Å². The molecule has 1 saturated heterocycles. The van der Waals surface area contributed by atoms with E-state index < -0.39 is 0 Å². The van der Waals surface area contributed by atoms with Gasteiger partial charge in [-0.05, 0) is 44.7 Å². The first-order valence-corrected chi connectivity index (χ1v) is 7.71. The molecule has 2 unspecified atom stereocenters. The van der Waals surface area contributed by atoms with Crippen molar-refractivity contribution in [2.24, 2.45) is 0 Å². The Labute approximate surface area is 116 Å². The highest BCUT2D eigenvalue weighted by Gasteiger charge is 2.22. The number of nitrogens with one attached hydrogen (secondary N) is 1. The molecular weight excluding hydrogens is 238 g/mol. The van der Waals surface area contributed by atoms with Crippen molar-refractivity contribution in [3.63, 3.8) is 0 Å². The topological polar surface area (TPSA) is 39.1 Å². The fraction of sp³-hybridized carbons (Fsp3) is 0.800. The molecule has 2 rings (SSSR count). The summed E-state index contributed by atoms with van der Waals surface area (Å²) in [5, 5.41) is 8.03. The van der Waals surface area contributed by atoms with Crippen LogP contribution >= 0.6 is 0 Å². The third-order valence-corrected chi connectivity index (χ3v) is 3.76. The van der Waals surface area contributed by atoms with Crippen molar-refractivity contribution in [3.8, 4) is 0 Å². The van der Waals surface area contributed by atoms with Gasteiger partial charge in [0, 0.05) is 19.3 Å². The zero-order chi connectivity index (χ0) is 13.5. The molecule has 108 valence electrons. The molecular formula is C15H27N3O. The van der Waals surface area contributed by atoms with Gasteiger partial charge in [0.15, 0.2) is 0 Å². The van der Waals surface area contributed by atoms with Crippen molar-refractivity contribution in [2.75, 3.05) is 13.2 Å². The Hall–Kier alpha value is -0.870. The lowest BCUT2D eigenvalue weighted by atomic mass is 9.99. The minimum absolute atomic E-state index is 0.363. The first-order valence-electron chi connectivity index (χ1n) is 7.71. The standard InChI is InChI=1S/C15H27N3O/c1-3-10-18-15(8-9-17-18)14(16-4-2)12-13-7-5-6-11-19-13/h8-9,13-14,16H,3-7,10-12H2,1-2H3. The van der Waals surface area contributed by atoms with E-state index in [1.54, 1.807) is 0 Å². The molecule has 0 aromatic carbocycles. The van der Waals surface area contributed by atoms with E-state index in [9.17, 15) is 0 Å². The van der Waals surface area contributed by atoms with Crippen molar-refractivity contribution in [3.05, 3.63) is 18.0 Å². The molecule has 4 nitrogen and oxygen atoms in total. The summed E-state index contributed by atoms with van der Waals surface area (Å²) in [6, 6.07) is 2.51. The van der Waals surface area contributed by atoms with Gasteiger partial charge < -0.3 is 10.1 Å². The fourth-order valence-electron chi connectivity index (χ4n) is 2.85. The Bertz CT molecular complexity index is 358. The van der Waals surface area contributed by atoms with Gasteiger partial charge in [-0.1, -0.05) is 13.8 Å². The Morgan fingerprint density at radius 1 is 1.47 bits per heavy atom. The van der Waals surface area contributed by atoms with Crippen molar-refractivity contribution in [2.45, 2.75) is 64.6 Å². The predicted molar refractivity (Wildman–Crippen MR) is 77.1 cm³/mol. The average Bonchev–Trinajstić information content (AvgIpc) is 2.88. The second-order valence-corrected chi connectivity index (χ2v) is 5.31. The summed E-state index contributed by atoms with van der Waals surface area (Å²) in [6.07, 6.45) is 8.22. The highest BCUT2D eigenvalue weighted by Crippen LogP contribution is 2.25. The van der Waals surface area contributed by atoms with Crippen LogP contribution in [0, 0.1) is 0 Å². The average molecular weight is 265 g/mol. The van der Waals surface area contributed by atoms with Gasteiger partial charge in [0.05, 0.1) is 17.8 Å². The zero-order valence-corrected chi connectivity index (χ0v) is 12.3. The van der Waals surface area contributed by atoms with Crippen LogP contribution in [0.5, 0.6) is 0 Å². The highest BCUT2D eigenvalue weighted by molar-refractivity contribution is 5.07. The third-order valence-electron chi connectivity index (χ3n) is 3.76. The van der Waals surface area contributed by atoms with Crippen LogP contribution in [0.25, 0.3) is 0 Å². The molecule has 1 N–H and O–H groups in total. The fourth-order valence-corrected chi connectivity index (χ4v) is 2.85. The molecule has 1 aliphatic rings. The van der Waals surface area contributed by atoms with Gasteiger partial charge in [0.2, 0.25) is 0 Å². The SMILES string of the molecule is CCCn1nccc1C(CC1CCCCO1)NCC. The molecule has 1 aromatic rings. The van der Waals surface area contributed by atoms with Crippen LogP contribution in [-0.2, 0) is 11.3 Å². The molecule has 2 heterocycles. The molecule has 4 heteroatoms. The Morgan fingerprint density at radius 3 is 3.05 bits per heavy atom. The number of aromatic nitrogens is 2. The number of nitrogens with zero attached hydrogens (tertiary/aromatic N) is 2. The summed E-state index contributed by atoms with van der Waals surface area (Å²) in [5.41, 5.74) is 1.30. The number of hydrogen-bond acceptors (Lipinski definition) is 3. The van der Waals surface area contributed by atoms with Crippen LogP contribution in [0.15, 0.2) is 12.3 Å². The summed E-state index contributed by atoms with van der Waals surface area (Å²) < 4.78 is 8.02. The van der Waals surface area contributed by atoms with E-state index in [0.717, 1.165) is 32.5 Å². The molecule has 19 heavy (non-hydrogen) atoms. The predicted octanol–water partition coefficient (Wildman–Crippen LogP) is 2.90. The summed E-state index contributed by atoms with van der Waals surface area (Å²) in [7, 11) is 0. The zero-order valence-electron chi connectivity index (χ0n) is 12.3. The molecule has 2 atom stereocenters. The van der Waals surface area contributed by atoms with Crippen LogP contribution in [0.4, 0.5) is 0 Å². The normalized spacial score (nSPS) is 21.5. The Kier molecular flexibility index (Phi) is 5.86. The van der Waals surface area contributed by atoms with E-state index >= 15 is 0 Å². The summed E-state index contributed by atoms with van der Waals surface area (Å²) in [4.78, 5) is 0. The van der Waals surface area contributed by atoms with Crippen LogP contribution in [0.2, 0.25) is 0 Å². The summed E-state index contributed by atoms with van der Waals surface area (Å²) in [6.45, 7) is 7.26. The van der Waals surface area contributed by atoms with Gasteiger partial charge in [0.25, 0.3) is 0 Å². The summed E-state index contributed by atoms with van der Waals surface area (Å²) in [5.74, 6) is 0. The maximum Gasteiger partial charge on any atom is 0.0593 e. The Morgan fingerprint density at radius 2 is 2.37 bits per heavy atom. The molecule has 1 aliphatic heterocycles. The van der Waals surface area contributed by atoms with Gasteiger partial charge in [-0.15, -0.1) is 0 Å². The van der Waals surface area contributed by atoms with Crippen LogP contribution in [0.3, 0.4) is 0 Å². The van der Waals surface area contributed by atoms with E-state index in [0.29, 0.717) is 12.1 Å². The highest BCUT2D eigenvalue weighted by atomic mass is 16.5. The quantitative estimate of drug-likeness (QED) is 0.824. The lowest BCUT2D eigenvalue weighted by Gasteiger charge is -2.27. The maximum absolute atomic E-state index is 5.88. The molecule has 0 saturated carbocycles. The molecule has 0 aliphatic carbocycles. The van der Waals surface area contributed by atoms with Gasteiger partial charge in [0.1, 0.15) is 0 Å². The lowest BCUT2D eigenvalue weighted by Crippen LogP contribution is -2.30. The first kappa shape index (κ1) is 14.5. The number of ether oxygens (including phenoxy) is 1. The van der Waals surface area contributed by atoms with Gasteiger partial charge >= 0.3 is 0 Å². The van der Waals surface area contributed by atoms with E-state index in [4.69, 9.17) is 4.74 Å². The van der Waals surface area contributed by atoms with Crippen molar-refractivity contribution < 1.29 is 4.74 Å². The summed E-state index contributed by atoms with van der Waals surface area (Å²) >= 11 is 0. The smallest absolute Gasteiger partial charge is 0.0593 e. The van der Waals surface area contributed by atoms with E-state index in [2.05, 4.69) is 35.0 Å². The second kappa shape index (κ2) is 7.65. The minimum Gasteiger partial charge on any atom is -0.378 e. The van der Waals surface area contributed by atoms with Crippen molar-refractivity contribution in [1.82, 2.24) is 15.1 Å². The molecule has 1 fully saturated rings. The van der Waals surface area contributed by atoms with Crippen molar-refractivity contribution in [1.29, 1.82) is 0 Å².